The first-order chi connectivity index (χ1) is 17.2. The Morgan fingerprint density at radius 2 is 1.81 bits per heavy atom. The molecule has 0 heterocycles. The van der Waals surface area contributed by atoms with Crippen LogP contribution in [0.4, 0.5) is 0 Å². The molecule has 0 radical (unpaired) electrons. The molecule has 2 rings (SSSR count). The molecule has 1 aliphatic rings. The fraction of sp³-hybridized carbons (Fsp3) is 0.607. The lowest BCUT2D eigenvalue weighted by Gasteiger charge is -2.47. The molecule has 202 valence electrons. The van der Waals surface area contributed by atoms with Crippen LogP contribution in [0.1, 0.15) is 58.4 Å². The summed E-state index contributed by atoms with van der Waals surface area (Å²) in [4.78, 5) is 23.8. The first-order valence-electron chi connectivity index (χ1n) is 12.3. The van der Waals surface area contributed by atoms with Crippen LogP contribution in [-0.2, 0) is 19.3 Å². The minimum Gasteiger partial charge on any atom is -0.493 e. The molecule has 0 aliphatic heterocycles. The Bertz CT molecular complexity index is 884. The SMILES string of the molecule is COc1cc(C=CC(=O)OOC2(CCl)CCCC(OC)C2C(C)CCC=C(C)C)cc(OC)c1OC. The molecule has 36 heavy (non-hydrogen) atoms. The van der Waals surface area contributed by atoms with Gasteiger partial charge in [-0.15, -0.1) is 11.6 Å². The fourth-order valence-corrected chi connectivity index (χ4v) is 5.40. The molecule has 1 aromatic carbocycles. The van der Waals surface area contributed by atoms with Gasteiger partial charge in [0, 0.05) is 19.1 Å². The normalized spacial score (nSPS) is 22.7. The Kier molecular flexibility index (Phi) is 12.1. The number of ether oxygens (including phenoxy) is 4. The molecule has 4 atom stereocenters. The van der Waals surface area contributed by atoms with Gasteiger partial charge in [-0.3, -0.25) is 4.89 Å². The molecule has 0 N–H and O–H groups in total. The standard InChI is InChI=1S/C28H41ClO7/c1-19(2)10-8-11-20(3)26-22(31-4)12-9-15-28(26,18-29)36-35-25(30)14-13-21-16-23(32-5)27(34-7)24(17-21)33-6/h10,13-14,16-17,20,22,26H,8-9,11-12,15,18H2,1-7H3. The minimum atomic E-state index is -0.819. The maximum Gasteiger partial charge on any atom is 0.365 e. The number of hydrogen-bond donors (Lipinski definition) is 0. The van der Waals surface area contributed by atoms with Gasteiger partial charge in [0.05, 0.1) is 33.3 Å². The van der Waals surface area contributed by atoms with Gasteiger partial charge in [-0.05, 0) is 75.6 Å². The van der Waals surface area contributed by atoms with Gasteiger partial charge in [0.2, 0.25) is 5.75 Å². The van der Waals surface area contributed by atoms with E-state index in [0.717, 1.165) is 25.7 Å². The third-order valence-corrected chi connectivity index (χ3v) is 7.25. The van der Waals surface area contributed by atoms with Gasteiger partial charge in [-0.1, -0.05) is 18.6 Å². The minimum absolute atomic E-state index is 0.00815. The first-order valence-corrected chi connectivity index (χ1v) is 12.9. The summed E-state index contributed by atoms with van der Waals surface area (Å²) in [7, 11) is 6.32. The Labute approximate surface area is 220 Å². The summed E-state index contributed by atoms with van der Waals surface area (Å²) in [6.45, 7) is 6.39. The number of methoxy groups -OCH3 is 4. The molecule has 0 spiro atoms. The number of alkyl halides is 1. The van der Waals surface area contributed by atoms with E-state index in [0.29, 0.717) is 29.2 Å². The van der Waals surface area contributed by atoms with E-state index in [1.165, 1.54) is 33.0 Å². The Morgan fingerprint density at radius 3 is 2.33 bits per heavy atom. The maximum absolute atomic E-state index is 12.6. The first kappa shape index (κ1) is 30.0. The number of carbonyl (C=O) groups excluding carboxylic acids is 1. The van der Waals surface area contributed by atoms with E-state index in [1.54, 1.807) is 25.3 Å². The zero-order chi connectivity index (χ0) is 26.7. The lowest BCUT2D eigenvalue weighted by atomic mass is 9.67. The quantitative estimate of drug-likeness (QED) is 0.0974. The van der Waals surface area contributed by atoms with E-state index >= 15 is 0 Å². The maximum atomic E-state index is 12.6. The van der Waals surface area contributed by atoms with Crippen molar-refractivity contribution in [3.05, 3.63) is 35.4 Å². The second kappa shape index (κ2) is 14.5. The Hall–Kier alpha value is -2.22. The number of halogens is 1. The third-order valence-electron chi connectivity index (χ3n) is 6.80. The summed E-state index contributed by atoms with van der Waals surface area (Å²) >= 11 is 6.49. The molecule has 4 unspecified atom stereocenters. The molecule has 0 saturated heterocycles. The summed E-state index contributed by atoms with van der Waals surface area (Å²) in [5.41, 5.74) is 1.15. The summed E-state index contributed by atoms with van der Waals surface area (Å²) in [6.07, 6.45) is 9.53. The lowest BCUT2D eigenvalue weighted by molar-refractivity contribution is -0.352. The highest BCUT2D eigenvalue weighted by Gasteiger charge is 2.50. The predicted molar refractivity (Wildman–Crippen MR) is 142 cm³/mol. The van der Waals surface area contributed by atoms with Crippen LogP contribution in [0.25, 0.3) is 6.08 Å². The lowest BCUT2D eigenvalue weighted by Crippen LogP contribution is -2.54. The molecular formula is C28H41ClO7. The molecule has 0 aromatic heterocycles. The van der Waals surface area contributed by atoms with Crippen LogP contribution < -0.4 is 14.2 Å². The molecule has 7 nitrogen and oxygen atoms in total. The zero-order valence-corrected chi connectivity index (χ0v) is 23.4. The molecule has 1 saturated carbocycles. The average molecular weight is 525 g/mol. The van der Waals surface area contributed by atoms with Gasteiger partial charge < -0.3 is 18.9 Å². The van der Waals surface area contributed by atoms with Crippen molar-refractivity contribution in [1.82, 2.24) is 0 Å². The molecule has 1 fully saturated rings. The number of rotatable bonds is 13. The van der Waals surface area contributed by atoms with Crippen molar-refractivity contribution in [1.29, 1.82) is 0 Å². The van der Waals surface area contributed by atoms with Gasteiger partial charge in [-0.25, -0.2) is 4.79 Å². The van der Waals surface area contributed by atoms with Crippen molar-refractivity contribution in [2.75, 3.05) is 34.3 Å². The predicted octanol–water partition coefficient (Wildman–Crippen LogP) is 6.38. The van der Waals surface area contributed by atoms with Gasteiger partial charge in [0.25, 0.3) is 0 Å². The van der Waals surface area contributed by atoms with E-state index in [-0.39, 0.29) is 23.8 Å². The highest BCUT2D eigenvalue weighted by Crippen LogP contribution is 2.45. The van der Waals surface area contributed by atoms with Gasteiger partial charge >= 0.3 is 5.97 Å². The smallest absolute Gasteiger partial charge is 0.365 e. The molecule has 0 amide bonds. The highest BCUT2D eigenvalue weighted by molar-refractivity contribution is 6.18. The van der Waals surface area contributed by atoms with Crippen molar-refractivity contribution in [3.63, 3.8) is 0 Å². The van der Waals surface area contributed by atoms with Gasteiger partial charge in [0.15, 0.2) is 11.5 Å². The molecular weight excluding hydrogens is 484 g/mol. The molecule has 1 aliphatic carbocycles. The fourth-order valence-electron chi connectivity index (χ4n) is 5.04. The third kappa shape index (κ3) is 7.64. The van der Waals surface area contributed by atoms with E-state index in [1.807, 2.05) is 0 Å². The van der Waals surface area contributed by atoms with Crippen molar-refractivity contribution in [3.8, 4) is 17.2 Å². The van der Waals surface area contributed by atoms with Crippen molar-refractivity contribution in [2.45, 2.75) is 64.6 Å². The number of hydrogen-bond acceptors (Lipinski definition) is 7. The van der Waals surface area contributed by atoms with Crippen molar-refractivity contribution < 1.29 is 33.5 Å². The number of carbonyl (C=O) groups is 1. The van der Waals surface area contributed by atoms with Crippen molar-refractivity contribution >= 4 is 23.6 Å². The Balaban J connectivity index is 2.17. The molecule has 8 heteroatoms. The van der Waals surface area contributed by atoms with E-state index in [9.17, 15) is 4.79 Å². The van der Waals surface area contributed by atoms with Crippen molar-refractivity contribution in [2.24, 2.45) is 11.8 Å². The summed E-state index contributed by atoms with van der Waals surface area (Å²) in [5, 5.41) is 0. The van der Waals surface area contributed by atoms with Crippen LogP contribution in [0.15, 0.2) is 29.9 Å². The van der Waals surface area contributed by atoms with Crippen LogP contribution in [0.5, 0.6) is 17.2 Å². The Morgan fingerprint density at radius 1 is 1.14 bits per heavy atom. The van der Waals surface area contributed by atoms with Gasteiger partial charge in [-0.2, -0.15) is 4.89 Å². The number of benzene rings is 1. The van der Waals surface area contributed by atoms with Crippen LogP contribution >= 0.6 is 11.6 Å². The second-order valence-electron chi connectivity index (χ2n) is 9.50. The van der Waals surface area contributed by atoms with Gasteiger partial charge in [0.1, 0.15) is 5.60 Å². The zero-order valence-electron chi connectivity index (χ0n) is 22.6. The highest BCUT2D eigenvalue weighted by atomic mass is 35.5. The van der Waals surface area contributed by atoms with E-state index in [2.05, 4.69) is 26.8 Å². The second-order valence-corrected chi connectivity index (χ2v) is 9.77. The molecule has 0 bridgehead atoms. The summed E-state index contributed by atoms with van der Waals surface area (Å²) < 4.78 is 21.9. The van der Waals surface area contributed by atoms with Crippen LogP contribution in [0.3, 0.4) is 0 Å². The monoisotopic (exact) mass is 524 g/mol. The number of allylic oxidation sites excluding steroid dienone is 2. The summed E-state index contributed by atoms with van der Waals surface area (Å²) in [5.74, 6) is 1.27. The van der Waals surface area contributed by atoms with E-state index in [4.69, 9.17) is 40.3 Å². The average Bonchev–Trinajstić information content (AvgIpc) is 2.89. The largest absolute Gasteiger partial charge is 0.493 e. The van der Waals surface area contributed by atoms with Crippen LogP contribution in [0.2, 0.25) is 0 Å². The van der Waals surface area contributed by atoms with Crippen LogP contribution in [0, 0.1) is 11.8 Å². The topological polar surface area (TPSA) is 72.5 Å². The van der Waals surface area contributed by atoms with E-state index < -0.39 is 11.6 Å². The summed E-state index contributed by atoms with van der Waals surface area (Å²) in [6, 6.07) is 3.47. The molecule has 1 aromatic rings. The van der Waals surface area contributed by atoms with Crippen LogP contribution in [-0.4, -0.2) is 52.0 Å².